The topological polar surface area (TPSA) is 49.7 Å². The third-order valence-corrected chi connectivity index (χ3v) is 4.39. The van der Waals surface area contributed by atoms with Gasteiger partial charge in [0.1, 0.15) is 5.60 Å². The Hall–Kier alpha value is -0.900. The van der Waals surface area contributed by atoms with E-state index in [0.29, 0.717) is 12.8 Å². The molecule has 0 spiro atoms. The summed E-state index contributed by atoms with van der Waals surface area (Å²) in [5.74, 6) is 0. The largest absolute Gasteiger partial charge is 0.390 e. The van der Waals surface area contributed by atoms with Gasteiger partial charge in [-0.05, 0) is 31.7 Å². The molecule has 3 nitrogen and oxygen atoms in total. The molecule has 3 atom stereocenters. The molecule has 0 fully saturated rings. The maximum atomic E-state index is 10.5. The van der Waals surface area contributed by atoms with Crippen molar-refractivity contribution in [1.29, 1.82) is 0 Å². The van der Waals surface area contributed by atoms with Crippen molar-refractivity contribution >= 4 is 0 Å². The fourth-order valence-corrected chi connectivity index (χ4v) is 2.60. The van der Waals surface area contributed by atoms with Crippen molar-refractivity contribution in [3.8, 4) is 0 Å². The third kappa shape index (κ3) is 5.42. The van der Waals surface area contributed by atoms with Crippen LogP contribution in [0.1, 0.15) is 51.5 Å². The Bertz CT molecular complexity index is 379. The fourth-order valence-electron chi connectivity index (χ4n) is 2.60. The van der Waals surface area contributed by atoms with Crippen molar-refractivity contribution in [3.05, 3.63) is 35.9 Å². The molecular formula is C18H30O3. The van der Waals surface area contributed by atoms with Crippen molar-refractivity contribution in [2.45, 2.75) is 70.2 Å². The van der Waals surface area contributed by atoms with E-state index in [9.17, 15) is 10.2 Å². The summed E-state index contributed by atoms with van der Waals surface area (Å²) in [7, 11) is 1.56. The van der Waals surface area contributed by atoms with Crippen LogP contribution in [0.4, 0.5) is 0 Å². The molecule has 21 heavy (non-hydrogen) atoms. The van der Waals surface area contributed by atoms with Gasteiger partial charge in [-0.1, -0.05) is 56.5 Å². The Balaban J connectivity index is 2.55. The van der Waals surface area contributed by atoms with E-state index in [4.69, 9.17) is 4.74 Å². The van der Waals surface area contributed by atoms with Crippen LogP contribution < -0.4 is 0 Å². The highest BCUT2D eigenvalue weighted by molar-refractivity contribution is 5.15. The van der Waals surface area contributed by atoms with Gasteiger partial charge in [-0.25, -0.2) is 0 Å². The van der Waals surface area contributed by atoms with Crippen molar-refractivity contribution in [1.82, 2.24) is 0 Å². The number of hydrogen-bond donors (Lipinski definition) is 2. The molecule has 1 aromatic rings. The number of aliphatic hydroxyl groups excluding tert-OH is 2. The van der Waals surface area contributed by atoms with Gasteiger partial charge in [-0.15, -0.1) is 0 Å². The molecule has 0 saturated carbocycles. The molecule has 0 heterocycles. The third-order valence-electron chi connectivity index (χ3n) is 4.39. The molecule has 1 aromatic carbocycles. The zero-order chi connectivity index (χ0) is 15.7. The first-order chi connectivity index (χ1) is 10.0. The van der Waals surface area contributed by atoms with Crippen LogP contribution >= 0.6 is 0 Å². The van der Waals surface area contributed by atoms with Gasteiger partial charge in [0.05, 0.1) is 12.2 Å². The molecule has 3 unspecified atom stereocenters. The van der Waals surface area contributed by atoms with Gasteiger partial charge in [-0.2, -0.15) is 0 Å². The highest BCUT2D eigenvalue weighted by Gasteiger charge is 2.39. The minimum Gasteiger partial charge on any atom is -0.390 e. The average molecular weight is 294 g/mol. The molecule has 1 rings (SSSR count). The molecule has 0 amide bonds. The SMILES string of the molecule is CCCCCC(O)C(C)(OC)C(O)CCc1ccccc1. The van der Waals surface area contributed by atoms with E-state index >= 15 is 0 Å². The van der Waals surface area contributed by atoms with Crippen molar-refractivity contribution in [3.63, 3.8) is 0 Å². The maximum absolute atomic E-state index is 10.5. The first kappa shape index (κ1) is 18.1. The minimum absolute atomic E-state index is 0.583. The number of hydrogen-bond acceptors (Lipinski definition) is 3. The van der Waals surface area contributed by atoms with E-state index in [1.54, 1.807) is 14.0 Å². The quantitative estimate of drug-likeness (QED) is 0.651. The average Bonchev–Trinajstić information content (AvgIpc) is 2.52. The highest BCUT2D eigenvalue weighted by Crippen LogP contribution is 2.26. The number of benzene rings is 1. The number of aryl methyl sites for hydroxylation is 1. The second-order valence-electron chi connectivity index (χ2n) is 5.94. The first-order valence-corrected chi connectivity index (χ1v) is 7.99. The summed E-state index contributed by atoms with van der Waals surface area (Å²) in [4.78, 5) is 0. The first-order valence-electron chi connectivity index (χ1n) is 7.99. The predicted molar refractivity (Wildman–Crippen MR) is 86.3 cm³/mol. The Morgan fingerprint density at radius 3 is 2.24 bits per heavy atom. The van der Waals surface area contributed by atoms with Gasteiger partial charge in [0.15, 0.2) is 0 Å². The zero-order valence-corrected chi connectivity index (χ0v) is 13.6. The van der Waals surface area contributed by atoms with Crippen LogP contribution in [0.25, 0.3) is 0 Å². The molecule has 0 aromatic heterocycles. The number of aliphatic hydroxyl groups is 2. The van der Waals surface area contributed by atoms with Crippen LogP contribution in [0.3, 0.4) is 0 Å². The second-order valence-corrected chi connectivity index (χ2v) is 5.94. The summed E-state index contributed by atoms with van der Waals surface area (Å²) in [6.45, 7) is 3.94. The summed E-state index contributed by atoms with van der Waals surface area (Å²) in [5.41, 5.74) is 0.290. The summed E-state index contributed by atoms with van der Waals surface area (Å²) < 4.78 is 5.48. The lowest BCUT2D eigenvalue weighted by atomic mass is 9.86. The standard InChI is InChI=1S/C18H30O3/c1-4-5-7-12-16(19)18(2,21-3)17(20)14-13-15-10-8-6-9-11-15/h6,8-11,16-17,19-20H,4-5,7,12-14H2,1-3H3. The molecular weight excluding hydrogens is 264 g/mol. The van der Waals surface area contributed by atoms with Crippen LogP contribution in [-0.2, 0) is 11.2 Å². The Labute approximate surface area is 129 Å². The molecule has 2 N–H and O–H groups in total. The monoisotopic (exact) mass is 294 g/mol. The van der Waals surface area contributed by atoms with Gasteiger partial charge in [-0.3, -0.25) is 0 Å². The van der Waals surface area contributed by atoms with E-state index in [1.807, 2.05) is 18.2 Å². The van der Waals surface area contributed by atoms with Gasteiger partial charge < -0.3 is 14.9 Å². The van der Waals surface area contributed by atoms with Crippen LogP contribution in [0, 0.1) is 0 Å². The maximum Gasteiger partial charge on any atom is 0.116 e. The van der Waals surface area contributed by atoms with Gasteiger partial charge in [0.25, 0.3) is 0 Å². The lowest BCUT2D eigenvalue weighted by molar-refractivity contribution is -0.158. The van der Waals surface area contributed by atoms with Crippen molar-refractivity contribution < 1.29 is 14.9 Å². The summed E-state index contributed by atoms with van der Waals surface area (Å²) >= 11 is 0. The van der Waals surface area contributed by atoms with E-state index < -0.39 is 17.8 Å². The number of ether oxygens (including phenoxy) is 1. The lowest BCUT2D eigenvalue weighted by Crippen LogP contribution is -2.51. The Kier molecular flexibility index (Phi) is 7.94. The molecule has 0 aliphatic rings. The molecule has 0 aliphatic heterocycles. The van der Waals surface area contributed by atoms with Crippen LogP contribution in [-0.4, -0.2) is 35.1 Å². The smallest absolute Gasteiger partial charge is 0.116 e. The van der Waals surface area contributed by atoms with Crippen molar-refractivity contribution in [2.75, 3.05) is 7.11 Å². The molecule has 0 saturated heterocycles. The number of methoxy groups -OCH3 is 1. The van der Waals surface area contributed by atoms with Crippen LogP contribution in [0.5, 0.6) is 0 Å². The summed E-state index contributed by atoms with van der Waals surface area (Å²) in [5, 5.41) is 20.8. The number of rotatable bonds is 10. The van der Waals surface area contributed by atoms with E-state index in [2.05, 4.69) is 19.1 Å². The van der Waals surface area contributed by atoms with Gasteiger partial charge >= 0.3 is 0 Å². The molecule has 0 aliphatic carbocycles. The van der Waals surface area contributed by atoms with E-state index in [1.165, 1.54) is 5.56 Å². The molecule has 3 heteroatoms. The van der Waals surface area contributed by atoms with Crippen LogP contribution in [0.15, 0.2) is 30.3 Å². The van der Waals surface area contributed by atoms with Gasteiger partial charge in [0.2, 0.25) is 0 Å². The molecule has 0 bridgehead atoms. The van der Waals surface area contributed by atoms with E-state index in [0.717, 1.165) is 25.7 Å². The highest BCUT2D eigenvalue weighted by atomic mass is 16.5. The fraction of sp³-hybridized carbons (Fsp3) is 0.667. The number of unbranched alkanes of at least 4 members (excludes halogenated alkanes) is 2. The molecule has 120 valence electrons. The second kappa shape index (κ2) is 9.19. The zero-order valence-electron chi connectivity index (χ0n) is 13.6. The summed E-state index contributed by atoms with van der Waals surface area (Å²) in [6.07, 6.45) is 3.88. The Morgan fingerprint density at radius 2 is 1.67 bits per heavy atom. The summed E-state index contributed by atoms with van der Waals surface area (Å²) in [6, 6.07) is 10.1. The van der Waals surface area contributed by atoms with E-state index in [-0.39, 0.29) is 0 Å². The van der Waals surface area contributed by atoms with Crippen molar-refractivity contribution in [2.24, 2.45) is 0 Å². The van der Waals surface area contributed by atoms with Crippen LogP contribution in [0.2, 0.25) is 0 Å². The predicted octanol–water partition coefficient (Wildman–Crippen LogP) is 3.33. The Morgan fingerprint density at radius 1 is 1.05 bits per heavy atom. The van der Waals surface area contributed by atoms with Gasteiger partial charge in [0, 0.05) is 7.11 Å². The minimum atomic E-state index is -0.900. The lowest BCUT2D eigenvalue weighted by Gasteiger charge is -2.37. The molecule has 0 radical (unpaired) electrons. The normalized spacial score (nSPS) is 17.2.